The van der Waals surface area contributed by atoms with Gasteiger partial charge in [0.05, 0.1) is 5.56 Å². The Morgan fingerprint density at radius 1 is 1.56 bits per heavy atom. The summed E-state index contributed by atoms with van der Waals surface area (Å²) in [5.74, 6) is -0.994. The number of rotatable bonds is 5. The first kappa shape index (κ1) is 12.3. The van der Waals surface area contributed by atoms with Crippen LogP contribution in [0.1, 0.15) is 22.3 Å². The normalized spacial score (nSPS) is 10.8. The first-order valence-corrected chi connectivity index (χ1v) is 5.09. The molecule has 1 aromatic rings. The van der Waals surface area contributed by atoms with E-state index in [2.05, 4.69) is 5.32 Å². The average molecular weight is 220 g/mol. The first-order valence-electron chi connectivity index (χ1n) is 5.09. The molecule has 0 atom stereocenters. The maximum Gasteiger partial charge on any atom is 0.338 e. The molecule has 4 N–H and O–H groups in total. The van der Waals surface area contributed by atoms with Gasteiger partial charge in [0.15, 0.2) is 0 Å². The molecule has 0 unspecified atom stereocenters. The van der Waals surface area contributed by atoms with Crippen molar-refractivity contribution in [2.75, 3.05) is 19.3 Å². The number of benzene rings is 1. The summed E-state index contributed by atoms with van der Waals surface area (Å²) in [5.41, 5.74) is 6.73. The lowest BCUT2D eigenvalue weighted by molar-refractivity contribution is 0.0698. The van der Waals surface area contributed by atoms with E-state index in [1.165, 1.54) is 0 Å². The van der Waals surface area contributed by atoms with Crippen molar-refractivity contribution in [2.45, 2.75) is 6.42 Å². The Labute approximate surface area is 94.8 Å². The zero-order chi connectivity index (χ0) is 12.0. The van der Waals surface area contributed by atoms with Crippen LogP contribution in [0.2, 0.25) is 0 Å². The molecule has 0 aliphatic carbocycles. The second-order valence-electron chi connectivity index (χ2n) is 3.41. The molecule has 4 heteroatoms. The van der Waals surface area contributed by atoms with Crippen molar-refractivity contribution >= 4 is 17.7 Å². The monoisotopic (exact) mass is 220 g/mol. The third-order valence-electron chi connectivity index (χ3n) is 2.20. The minimum atomic E-state index is -0.994. The van der Waals surface area contributed by atoms with Crippen LogP contribution in [0.25, 0.3) is 6.08 Å². The van der Waals surface area contributed by atoms with Gasteiger partial charge in [-0.3, -0.25) is 0 Å². The summed E-state index contributed by atoms with van der Waals surface area (Å²) >= 11 is 0. The Balaban J connectivity index is 2.91. The fourth-order valence-electron chi connectivity index (χ4n) is 1.41. The van der Waals surface area contributed by atoms with Crippen molar-refractivity contribution in [3.63, 3.8) is 0 Å². The molecule has 0 saturated heterocycles. The lowest BCUT2D eigenvalue weighted by Gasteiger charge is -2.04. The smallest absolute Gasteiger partial charge is 0.338 e. The zero-order valence-corrected chi connectivity index (χ0v) is 9.23. The minimum Gasteiger partial charge on any atom is -0.478 e. The van der Waals surface area contributed by atoms with Crippen molar-refractivity contribution in [3.05, 3.63) is 35.4 Å². The van der Waals surface area contributed by atoms with Gasteiger partial charge in [-0.2, -0.15) is 0 Å². The summed E-state index contributed by atoms with van der Waals surface area (Å²) in [4.78, 5) is 11.0. The summed E-state index contributed by atoms with van der Waals surface area (Å²) in [7, 11) is 1.87. The lowest BCUT2D eigenvalue weighted by Crippen LogP contribution is -2.06. The van der Waals surface area contributed by atoms with Gasteiger partial charge < -0.3 is 16.2 Å². The van der Waals surface area contributed by atoms with Crippen LogP contribution < -0.4 is 11.1 Å². The van der Waals surface area contributed by atoms with Crippen molar-refractivity contribution in [1.82, 2.24) is 5.32 Å². The fraction of sp³-hybridized carbons (Fsp3) is 0.250. The van der Waals surface area contributed by atoms with Crippen LogP contribution >= 0.6 is 0 Å². The van der Waals surface area contributed by atoms with E-state index in [0.717, 1.165) is 13.0 Å². The first-order chi connectivity index (χ1) is 7.66. The molecule has 0 radical (unpaired) electrons. The van der Waals surface area contributed by atoms with Crippen LogP contribution in [0, 0.1) is 0 Å². The zero-order valence-electron chi connectivity index (χ0n) is 9.23. The highest BCUT2D eigenvalue weighted by Crippen LogP contribution is 2.18. The second kappa shape index (κ2) is 5.92. The molecule has 86 valence electrons. The molecule has 0 saturated carbocycles. The SMILES string of the molecule is CNCCC=Cc1cccc(N)c1C(=O)O. The second-order valence-corrected chi connectivity index (χ2v) is 3.41. The van der Waals surface area contributed by atoms with E-state index >= 15 is 0 Å². The number of nitrogens with two attached hydrogens (primary N) is 1. The van der Waals surface area contributed by atoms with Gasteiger partial charge in [0.1, 0.15) is 0 Å². The molecule has 0 amide bonds. The highest BCUT2D eigenvalue weighted by molar-refractivity contribution is 5.97. The Morgan fingerprint density at radius 3 is 2.94 bits per heavy atom. The van der Waals surface area contributed by atoms with Gasteiger partial charge in [-0.15, -0.1) is 0 Å². The van der Waals surface area contributed by atoms with Crippen LogP contribution in [-0.4, -0.2) is 24.7 Å². The average Bonchev–Trinajstić information content (AvgIpc) is 2.24. The number of nitrogens with one attached hydrogen (secondary N) is 1. The van der Waals surface area contributed by atoms with Crippen molar-refractivity contribution < 1.29 is 9.90 Å². The Morgan fingerprint density at radius 2 is 2.31 bits per heavy atom. The molecule has 0 spiro atoms. The molecule has 0 aliphatic heterocycles. The summed E-state index contributed by atoms with van der Waals surface area (Å²) in [6.45, 7) is 0.862. The molecule has 0 bridgehead atoms. The largest absolute Gasteiger partial charge is 0.478 e. The van der Waals surface area contributed by atoms with E-state index in [1.54, 1.807) is 24.3 Å². The molecule has 1 aromatic carbocycles. The number of hydrogen-bond donors (Lipinski definition) is 3. The fourth-order valence-corrected chi connectivity index (χ4v) is 1.41. The summed E-state index contributed by atoms with van der Waals surface area (Å²) < 4.78 is 0. The number of nitrogen functional groups attached to an aromatic ring is 1. The van der Waals surface area contributed by atoms with Crippen molar-refractivity contribution in [1.29, 1.82) is 0 Å². The highest BCUT2D eigenvalue weighted by atomic mass is 16.4. The number of carbonyl (C=O) groups is 1. The number of carboxylic acid groups (broad SMARTS) is 1. The Hall–Kier alpha value is -1.81. The Kier molecular flexibility index (Phi) is 4.54. The minimum absolute atomic E-state index is 0.170. The molecule has 0 aliphatic rings. The molecule has 16 heavy (non-hydrogen) atoms. The molecule has 0 aromatic heterocycles. The van der Waals surface area contributed by atoms with E-state index < -0.39 is 5.97 Å². The van der Waals surface area contributed by atoms with E-state index in [1.807, 2.05) is 13.1 Å². The van der Waals surface area contributed by atoms with Crippen LogP contribution in [-0.2, 0) is 0 Å². The predicted octanol–water partition coefficient (Wildman–Crippen LogP) is 1.59. The molecular weight excluding hydrogens is 204 g/mol. The van der Waals surface area contributed by atoms with Gasteiger partial charge in [0.25, 0.3) is 0 Å². The number of anilines is 1. The number of aromatic carboxylic acids is 1. The molecule has 1 rings (SSSR count). The van der Waals surface area contributed by atoms with E-state index in [9.17, 15) is 4.79 Å². The van der Waals surface area contributed by atoms with Gasteiger partial charge in [-0.1, -0.05) is 24.3 Å². The van der Waals surface area contributed by atoms with Gasteiger partial charge in [-0.25, -0.2) is 4.79 Å². The van der Waals surface area contributed by atoms with E-state index in [0.29, 0.717) is 11.3 Å². The third-order valence-corrected chi connectivity index (χ3v) is 2.20. The Bertz CT molecular complexity index is 400. The van der Waals surface area contributed by atoms with Crippen LogP contribution in [0.3, 0.4) is 0 Å². The van der Waals surface area contributed by atoms with Crippen LogP contribution in [0.4, 0.5) is 5.69 Å². The maximum atomic E-state index is 11.0. The van der Waals surface area contributed by atoms with Gasteiger partial charge in [0, 0.05) is 5.69 Å². The summed E-state index contributed by atoms with van der Waals surface area (Å²) in [5, 5.41) is 12.0. The predicted molar refractivity (Wildman–Crippen MR) is 65.4 cm³/mol. The molecular formula is C12H16N2O2. The standard InChI is InChI=1S/C12H16N2O2/c1-14-8-3-2-5-9-6-4-7-10(13)11(9)12(15)16/h2,4-7,14H,3,8,13H2,1H3,(H,15,16). The maximum absolute atomic E-state index is 11.0. The number of carboxylic acids is 1. The summed E-state index contributed by atoms with van der Waals surface area (Å²) in [6.07, 6.45) is 4.57. The van der Waals surface area contributed by atoms with Crippen molar-refractivity contribution in [3.8, 4) is 0 Å². The van der Waals surface area contributed by atoms with Gasteiger partial charge in [0.2, 0.25) is 0 Å². The van der Waals surface area contributed by atoms with Gasteiger partial charge in [-0.05, 0) is 31.6 Å². The van der Waals surface area contributed by atoms with Crippen molar-refractivity contribution in [2.24, 2.45) is 0 Å². The topological polar surface area (TPSA) is 75.3 Å². The summed E-state index contributed by atoms with van der Waals surface area (Å²) in [6, 6.07) is 5.09. The lowest BCUT2D eigenvalue weighted by atomic mass is 10.0. The highest BCUT2D eigenvalue weighted by Gasteiger charge is 2.10. The van der Waals surface area contributed by atoms with E-state index in [-0.39, 0.29) is 5.56 Å². The quantitative estimate of drug-likeness (QED) is 0.520. The number of hydrogen-bond acceptors (Lipinski definition) is 3. The molecule has 0 heterocycles. The van der Waals surface area contributed by atoms with E-state index in [4.69, 9.17) is 10.8 Å². The van der Waals surface area contributed by atoms with Crippen LogP contribution in [0.15, 0.2) is 24.3 Å². The van der Waals surface area contributed by atoms with Crippen LogP contribution in [0.5, 0.6) is 0 Å². The molecule has 4 nitrogen and oxygen atoms in total. The molecule has 0 fully saturated rings. The van der Waals surface area contributed by atoms with Gasteiger partial charge >= 0.3 is 5.97 Å². The third kappa shape index (κ3) is 3.10.